The highest BCUT2D eigenvalue weighted by atomic mass is 79.9. The van der Waals surface area contributed by atoms with Gasteiger partial charge in [0.15, 0.2) is 0 Å². The van der Waals surface area contributed by atoms with Gasteiger partial charge >= 0.3 is 0 Å². The summed E-state index contributed by atoms with van der Waals surface area (Å²) in [6.07, 6.45) is 3.29. The van der Waals surface area contributed by atoms with Gasteiger partial charge in [0, 0.05) is 12.1 Å². The van der Waals surface area contributed by atoms with Crippen molar-refractivity contribution >= 4 is 27.9 Å². The van der Waals surface area contributed by atoms with Crippen LogP contribution in [0.25, 0.3) is 6.08 Å². The van der Waals surface area contributed by atoms with Gasteiger partial charge in [0.25, 0.3) is 0 Å². The quantitative estimate of drug-likeness (QED) is 0.868. The van der Waals surface area contributed by atoms with Crippen molar-refractivity contribution in [1.29, 1.82) is 0 Å². The summed E-state index contributed by atoms with van der Waals surface area (Å²) < 4.78 is 5.99. The predicted molar refractivity (Wildman–Crippen MR) is 73.0 cm³/mol. The minimum absolute atomic E-state index is 0.0908. The van der Waals surface area contributed by atoms with Crippen molar-refractivity contribution in [2.24, 2.45) is 0 Å². The molecule has 17 heavy (non-hydrogen) atoms. The molecule has 0 aliphatic carbocycles. The van der Waals surface area contributed by atoms with Crippen LogP contribution in [0.3, 0.4) is 0 Å². The molecule has 0 spiro atoms. The van der Waals surface area contributed by atoms with Crippen molar-refractivity contribution in [3.8, 4) is 5.75 Å². The van der Waals surface area contributed by atoms with Crippen LogP contribution in [0.4, 0.5) is 0 Å². The lowest BCUT2D eigenvalue weighted by molar-refractivity contribution is -0.116. The molecule has 92 valence electrons. The maximum atomic E-state index is 11.4. The van der Waals surface area contributed by atoms with Crippen LogP contribution in [0.1, 0.15) is 19.4 Å². The summed E-state index contributed by atoms with van der Waals surface area (Å²) in [4.78, 5) is 11.4. The highest BCUT2D eigenvalue weighted by Crippen LogP contribution is 2.25. The van der Waals surface area contributed by atoms with Crippen LogP contribution in [0.2, 0.25) is 0 Å². The van der Waals surface area contributed by atoms with E-state index >= 15 is 0 Å². The Morgan fingerprint density at radius 1 is 1.47 bits per heavy atom. The first-order valence-electron chi connectivity index (χ1n) is 5.35. The van der Waals surface area contributed by atoms with Gasteiger partial charge in [-0.2, -0.15) is 0 Å². The van der Waals surface area contributed by atoms with Crippen molar-refractivity contribution in [2.45, 2.75) is 19.9 Å². The van der Waals surface area contributed by atoms with Crippen LogP contribution in [-0.2, 0) is 4.79 Å². The number of rotatable bonds is 4. The molecule has 0 saturated heterocycles. The van der Waals surface area contributed by atoms with Crippen molar-refractivity contribution in [3.05, 3.63) is 34.3 Å². The third-order valence-electron chi connectivity index (χ3n) is 2.03. The lowest BCUT2D eigenvalue weighted by Crippen LogP contribution is -2.28. The van der Waals surface area contributed by atoms with Gasteiger partial charge in [-0.3, -0.25) is 4.79 Å². The SMILES string of the molecule is COc1ccc(/C=C/C(=O)NC(C)C)cc1Br. The van der Waals surface area contributed by atoms with Crippen LogP contribution in [0, 0.1) is 0 Å². The minimum atomic E-state index is -0.0908. The average Bonchev–Trinajstić information content (AvgIpc) is 2.25. The number of carbonyl (C=O) groups excluding carboxylic acids is 1. The summed E-state index contributed by atoms with van der Waals surface area (Å²) in [5.74, 6) is 0.681. The summed E-state index contributed by atoms with van der Waals surface area (Å²) in [7, 11) is 1.62. The molecule has 0 atom stereocenters. The fraction of sp³-hybridized carbons (Fsp3) is 0.308. The van der Waals surface area contributed by atoms with E-state index in [0.29, 0.717) is 0 Å². The molecule has 0 radical (unpaired) electrons. The zero-order chi connectivity index (χ0) is 12.8. The highest BCUT2D eigenvalue weighted by Gasteiger charge is 2.00. The van der Waals surface area contributed by atoms with Crippen LogP contribution < -0.4 is 10.1 Å². The van der Waals surface area contributed by atoms with E-state index in [4.69, 9.17) is 4.74 Å². The number of hydrogen-bond acceptors (Lipinski definition) is 2. The maximum absolute atomic E-state index is 11.4. The minimum Gasteiger partial charge on any atom is -0.496 e. The molecule has 3 nitrogen and oxygen atoms in total. The Morgan fingerprint density at radius 2 is 2.18 bits per heavy atom. The molecule has 0 aliphatic rings. The number of nitrogens with one attached hydrogen (secondary N) is 1. The topological polar surface area (TPSA) is 38.3 Å². The first-order valence-corrected chi connectivity index (χ1v) is 6.14. The molecule has 0 unspecified atom stereocenters. The number of methoxy groups -OCH3 is 1. The van der Waals surface area contributed by atoms with Crippen molar-refractivity contribution < 1.29 is 9.53 Å². The monoisotopic (exact) mass is 297 g/mol. The molecule has 0 bridgehead atoms. The molecule has 0 heterocycles. The molecule has 1 amide bonds. The third kappa shape index (κ3) is 4.61. The molecule has 1 rings (SSSR count). The second-order valence-corrected chi connectivity index (χ2v) is 4.74. The van der Waals surface area contributed by atoms with Crippen molar-refractivity contribution in [2.75, 3.05) is 7.11 Å². The zero-order valence-corrected chi connectivity index (χ0v) is 11.7. The van der Waals surface area contributed by atoms with Crippen LogP contribution in [-0.4, -0.2) is 19.1 Å². The lowest BCUT2D eigenvalue weighted by atomic mass is 10.2. The lowest BCUT2D eigenvalue weighted by Gasteiger charge is -2.05. The van der Waals surface area contributed by atoms with E-state index in [0.717, 1.165) is 15.8 Å². The molecule has 0 aliphatic heterocycles. The number of hydrogen-bond donors (Lipinski definition) is 1. The molecular formula is C13H16BrNO2. The van der Waals surface area contributed by atoms with Gasteiger partial charge in [-0.05, 0) is 53.5 Å². The molecule has 1 aromatic carbocycles. The molecule has 1 N–H and O–H groups in total. The average molecular weight is 298 g/mol. The van der Waals surface area contributed by atoms with E-state index in [1.807, 2.05) is 32.0 Å². The normalized spacial score (nSPS) is 10.9. The smallest absolute Gasteiger partial charge is 0.244 e. The fourth-order valence-corrected chi connectivity index (χ4v) is 1.85. The maximum Gasteiger partial charge on any atom is 0.244 e. The van der Waals surface area contributed by atoms with E-state index < -0.39 is 0 Å². The third-order valence-corrected chi connectivity index (χ3v) is 2.65. The van der Waals surface area contributed by atoms with Crippen molar-refractivity contribution in [1.82, 2.24) is 5.32 Å². The second kappa shape index (κ2) is 6.45. The van der Waals surface area contributed by atoms with Crippen molar-refractivity contribution in [3.63, 3.8) is 0 Å². The summed E-state index contributed by atoms with van der Waals surface area (Å²) >= 11 is 3.40. The Labute approximate surface area is 110 Å². The molecule has 4 heteroatoms. The summed E-state index contributed by atoms with van der Waals surface area (Å²) in [6, 6.07) is 5.79. The van der Waals surface area contributed by atoms with Crippen LogP contribution >= 0.6 is 15.9 Å². The second-order valence-electron chi connectivity index (χ2n) is 3.89. The van der Waals surface area contributed by atoms with Gasteiger partial charge in [-0.25, -0.2) is 0 Å². The number of halogens is 1. The van der Waals surface area contributed by atoms with E-state index in [2.05, 4.69) is 21.2 Å². The molecular weight excluding hydrogens is 282 g/mol. The first kappa shape index (κ1) is 13.8. The predicted octanol–water partition coefficient (Wildman–Crippen LogP) is 3.00. The fourth-order valence-electron chi connectivity index (χ4n) is 1.29. The molecule has 1 aromatic rings. The standard InChI is InChI=1S/C13H16BrNO2/c1-9(2)15-13(16)7-5-10-4-6-12(17-3)11(14)8-10/h4-9H,1-3H3,(H,15,16)/b7-5+. The largest absolute Gasteiger partial charge is 0.496 e. The number of benzene rings is 1. The Hall–Kier alpha value is -1.29. The van der Waals surface area contributed by atoms with Gasteiger partial charge in [0.05, 0.1) is 11.6 Å². The molecule has 0 fully saturated rings. The van der Waals surface area contributed by atoms with E-state index in [1.54, 1.807) is 13.2 Å². The first-order chi connectivity index (χ1) is 8.02. The Balaban J connectivity index is 2.72. The van der Waals surface area contributed by atoms with E-state index in [-0.39, 0.29) is 11.9 Å². The number of carbonyl (C=O) groups is 1. The Morgan fingerprint density at radius 3 is 2.71 bits per heavy atom. The molecule has 0 aromatic heterocycles. The summed E-state index contributed by atoms with van der Waals surface area (Å²) in [5, 5.41) is 2.79. The Bertz CT molecular complexity index is 427. The van der Waals surface area contributed by atoms with Gasteiger partial charge < -0.3 is 10.1 Å². The highest BCUT2D eigenvalue weighted by molar-refractivity contribution is 9.10. The van der Waals surface area contributed by atoms with E-state index in [9.17, 15) is 4.79 Å². The summed E-state index contributed by atoms with van der Waals surface area (Å²) in [6.45, 7) is 3.85. The van der Waals surface area contributed by atoms with Crippen LogP contribution in [0.15, 0.2) is 28.7 Å². The number of amides is 1. The van der Waals surface area contributed by atoms with Gasteiger partial charge in [-0.15, -0.1) is 0 Å². The van der Waals surface area contributed by atoms with E-state index in [1.165, 1.54) is 6.08 Å². The van der Waals surface area contributed by atoms with Crippen LogP contribution in [0.5, 0.6) is 5.75 Å². The summed E-state index contributed by atoms with van der Waals surface area (Å²) in [5.41, 5.74) is 0.941. The number of ether oxygens (including phenoxy) is 1. The van der Waals surface area contributed by atoms with Gasteiger partial charge in [0.2, 0.25) is 5.91 Å². The van der Waals surface area contributed by atoms with Gasteiger partial charge in [-0.1, -0.05) is 6.07 Å². The zero-order valence-electron chi connectivity index (χ0n) is 10.2. The molecule has 0 saturated carbocycles. The van der Waals surface area contributed by atoms with Gasteiger partial charge in [0.1, 0.15) is 5.75 Å². The Kier molecular flexibility index (Phi) is 5.22.